The number of aryl methyl sites for hydroxylation is 1. The number of nitrogens with one attached hydrogen (secondary N) is 1. The number of hydrogen-bond donors (Lipinski definition) is 1. The van der Waals surface area contributed by atoms with Gasteiger partial charge in [-0.3, -0.25) is 4.79 Å². The Morgan fingerprint density at radius 2 is 2.04 bits per heavy atom. The molecule has 0 spiro atoms. The molecular formula is C17H23N3O3. The lowest BCUT2D eigenvalue weighted by Crippen LogP contribution is -2.46. The largest absolute Gasteiger partial charge is 0.467 e. The maximum Gasteiger partial charge on any atom is 0.328 e. The fraction of sp³-hybridized carbons (Fsp3) is 0.471. The van der Waals surface area contributed by atoms with E-state index in [0.717, 1.165) is 23.3 Å². The molecule has 23 heavy (non-hydrogen) atoms. The summed E-state index contributed by atoms with van der Waals surface area (Å²) in [5.74, 6) is 0.124. The van der Waals surface area contributed by atoms with E-state index in [2.05, 4.69) is 10.3 Å². The van der Waals surface area contributed by atoms with Gasteiger partial charge in [0.05, 0.1) is 18.1 Å². The Kier molecular flexibility index (Phi) is 5.36. The zero-order valence-electron chi connectivity index (χ0n) is 14.0. The number of rotatable bonds is 6. The van der Waals surface area contributed by atoms with E-state index < -0.39 is 12.0 Å². The van der Waals surface area contributed by atoms with E-state index in [9.17, 15) is 9.59 Å². The average Bonchev–Trinajstić information content (AvgIpc) is 2.87. The minimum Gasteiger partial charge on any atom is -0.467 e. The first-order valence-electron chi connectivity index (χ1n) is 7.77. The van der Waals surface area contributed by atoms with Crippen molar-refractivity contribution < 1.29 is 14.3 Å². The molecule has 0 fully saturated rings. The number of imidazole rings is 1. The second-order valence-corrected chi connectivity index (χ2v) is 5.69. The van der Waals surface area contributed by atoms with Crippen LogP contribution < -0.4 is 5.32 Å². The molecule has 2 rings (SSSR count). The molecule has 0 unspecified atom stereocenters. The molecule has 0 aliphatic rings. The van der Waals surface area contributed by atoms with Crippen LogP contribution in [0.1, 0.15) is 26.1 Å². The topological polar surface area (TPSA) is 73.2 Å². The molecule has 0 aliphatic heterocycles. The zero-order valence-corrected chi connectivity index (χ0v) is 14.0. The van der Waals surface area contributed by atoms with Crippen LogP contribution in [0.2, 0.25) is 0 Å². The summed E-state index contributed by atoms with van der Waals surface area (Å²) in [7, 11) is 1.33. The smallest absolute Gasteiger partial charge is 0.328 e. The Morgan fingerprint density at radius 1 is 1.35 bits per heavy atom. The van der Waals surface area contributed by atoms with Crippen LogP contribution in [-0.4, -0.2) is 34.6 Å². The number of ether oxygens (including phenoxy) is 1. The van der Waals surface area contributed by atoms with Crippen molar-refractivity contribution in [1.29, 1.82) is 0 Å². The number of hydrogen-bond acceptors (Lipinski definition) is 4. The third-order valence-electron chi connectivity index (χ3n) is 4.13. The highest BCUT2D eigenvalue weighted by Gasteiger charge is 2.26. The van der Waals surface area contributed by atoms with Crippen molar-refractivity contribution in [2.45, 2.75) is 39.8 Å². The quantitative estimate of drug-likeness (QED) is 0.828. The number of carbonyl (C=O) groups excluding carboxylic acids is 2. The SMILES string of the molecule is CC[C@H](C)[C@H](NC(=O)Cn1c(C)nc2ccccc21)C(=O)OC. The van der Waals surface area contributed by atoms with Crippen molar-refractivity contribution in [3.05, 3.63) is 30.1 Å². The number of methoxy groups -OCH3 is 1. The van der Waals surface area contributed by atoms with Gasteiger partial charge >= 0.3 is 5.97 Å². The second-order valence-electron chi connectivity index (χ2n) is 5.69. The van der Waals surface area contributed by atoms with E-state index in [1.165, 1.54) is 7.11 Å². The van der Waals surface area contributed by atoms with Crippen molar-refractivity contribution in [1.82, 2.24) is 14.9 Å². The molecule has 1 N–H and O–H groups in total. The van der Waals surface area contributed by atoms with Crippen molar-refractivity contribution in [2.24, 2.45) is 5.92 Å². The van der Waals surface area contributed by atoms with Gasteiger partial charge in [0.2, 0.25) is 5.91 Å². The molecule has 6 nitrogen and oxygen atoms in total. The Bertz CT molecular complexity index is 708. The molecule has 6 heteroatoms. The maximum atomic E-state index is 12.4. The number of para-hydroxylation sites is 2. The van der Waals surface area contributed by atoms with Crippen molar-refractivity contribution in [2.75, 3.05) is 7.11 Å². The maximum absolute atomic E-state index is 12.4. The summed E-state index contributed by atoms with van der Waals surface area (Å²) in [6.45, 7) is 5.87. The molecule has 2 aromatic rings. The molecule has 0 saturated carbocycles. The fourth-order valence-corrected chi connectivity index (χ4v) is 2.55. The van der Waals surface area contributed by atoms with Gasteiger partial charge in [-0.2, -0.15) is 0 Å². The van der Waals surface area contributed by atoms with Gasteiger partial charge in [-0.05, 0) is 25.0 Å². The Balaban J connectivity index is 2.17. The predicted molar refractivity (Wildman–Crippen MR) is 87.9 cm³/mol. The summed E-state index contributed by atoms with van der Waals surface area (Å²) in [6.07, 6.45) is 0.771. The standard InChI is InChI=1S/C17H23N3O3/c1-5-11(2)16(17(22)23-4)19-15(21)10-20-12(3)18-13-8-6-7-9-14(13)20/h6-9,11,16H,5,10H2,1-4H3,(H,19,21)/t11-,16-/m0/s1. The minimum absolute atomic E-state index is 0.00651. The van der Waals surface area contributed by atoms with Crippen LogP contribution in [0.4, 0.5) is 0 Å². The third-order valence-corrected chi connectivity index (χ3v) is 4.13. The number of nitrogens with zero attached hydrogens (tertiary/aromatic N) is 2. The van der Waals surface area contributed by atoms with Gasteiger partial charge in [-0.15, -0.1) is 0 Å². The number of amides is 1. The third kappa shape index (κ3) is 3.70. The highest BCUT2D eigenvalue weighted by Crippen LogP contribution is 2.15. The lowest BCUT2D eigenvalue weighted by molar-refractivity contribution is -0.146. The monoisotopic (exact) mass is 317 g/mol. The molecule has 0 aliphatic carbocycles. The summed E-state index contributed by atoms with van der Waals surface area (Å²) in [5, 5.41) is 2.79. The molecule has 1 aromatic carbocycles. The normalized spacial score (nSPS) is 13.6. The average molecular weight is 317 g/mol. The van der Waals surface area contributed by atoms with Crippen LogP contribution in [0.15, 0.2) is 24.3 Å². The van der Waals surface area contributed by atoms with Crippen LogP contribution in [0.5, 0.6) is 0 Å². The Labute approximate surface area is 135 Å². The molecule has 1 aromatic heterocycles. The van der Waals surface area contributed by atoms with Crippen LogP contribution in [0.3, 0.4) is 0 Å². The van der Waals surface area contributed by atoms with Gasteiger partial charge in [0.1, 0.15) is 18.4 Å². The van der Waals surface area contributed by atoms with Gasteiger partial charge in [-0.1, -0.05) is 32.4 Å². The van der Waals surface area contributed by atoms with Gasteiger partial charge in [0, 0.05) is 0 Å². The number of esters is 1. The van der Waals surface area contributed by atoms with Gasteiger partial charge in [0.25, 0.3) is 0 Å². The van der Waals surface area contributed by atoms with Gasteiger partial charge in [-0.25, -0.2) is 9.78 Å². The lowest BCUT2D eigenvalue weighted by Gasteiger charge is -2.22. The fourth-order valence-electron chi connectivity index (χ4n) is 2.55. The summed E-state index contributed by atoms with van der Waals surface area (Å²) in [5.41, 5.74) is 1.75. The Morgan fingerprint density at radius 3 is 2.70 bits per heavy atom. The molecular weight excluding hydrogens is 294 g/mol. The highest BCUT2D eigenvalue weighted by atomic mass is 16.5. The van der Waals surface area contributed by atoms with Crippen molar-refractivity contribution in [3.63, 3.8) is 0 Å². The van der Waals surface area contributed by atoms with Gasteiger partial charge < -0.3 is 14.6 Å². The van der Waals surface area contributed by atoms with E-state index in [1.807, 2.05) is 49.6 Å². The summed E-state index contributed by atoms with van der Waals surface area (Å²) < 4.78 is 6.64. The molecule has 0 radical (unpaired) electrons. The molecule has 124 valence electrons. The van der Waals surface area contributed by atoms with Crippen molar-refractivity contribution in [3.8, 4) is 0 Å². The van der Waals surface area contributed by atoms with Crippen LogP contribution in [0.25, 0.3) is 11.0 Å². The first-order chi connectivity index (χ1) is 11.0. The van der Waals surface area contributed by atoms with E-state index >= 15 is 0 Å². The van der Waals surface area contributed by atoms with Crippen LogP contribution >= 0.6 is 0 Å². The molecule has 1 heterocycles. The highest BCUT2D eigenvalue weighted by molar-refractivity contribution is 5.86. The van der Waals surface area contributed by atoms with Gasteiger partial charge in [0.15, 0.2) is 0 Å². The summed E-state index contributed by atoms with van der Waals surface area (Å²) in [6, 6.07) is 7.03. The summed E-state index contributed by atoms with van der Waals surface area (Å²) >= 11 is 0. The van der Waals surface area contributed by atoms with E-state index in [0.29, 0.717) is 0 Å². The predicted octanol–water partition coefficient (Wildman–Crippen LogP) is 2.05. The number of benzene rings is 1. The second kappa shape index (κ2) is 7.26. The number of carbonyl (C=O) groups is 2. The van der Waals surface area contributed by atoms with E-state index in [1.54, 1.807) is 0 Å². The van der Waals surface area contributed by atoms with Crippen LogP contribution in [-0.2, 0) is 20.9 Å². The first-order valence-corrected chi connectivity index (χ1v) is 7.77. The minimum atomic E-state index is -0.632. The zero-order chi connectivity index (χ0) is 17.0. The number of aromatic nitrogens is 2. The van der Waals surface area contributed by atoms with Crippen molar-refractivity contribution >= 4 is 22.9 Å². The number of fused-ring (bicyclic) bond motifs is 1. The molecule has 0 saturated heterocycles. The van der Waals surface area contributed by atoms with E-state index in [4.69, 9.17) is 4.74 Å². The Hall–Kier alpha value is -2.37. The first kappa shape index (κ1) is 17.0. The molecule has 1 amide bonds. The van der Waals surface area contributed by atoms with E-state index in [-0.39, 0.29) is 18.4 Å². The van der Waals surface area contributed by atoms with Crippen LogP contribution in [0, 0.1) is 12.8 Å². The lowest BCUT2D eigenvalue weighted by atomic mass is 9.99. The molecule has 0 bridgehead atoms. The molecule has 2 atom stereocenters. The summed E-state index contributed by atoms with van der Waals surface area (Å²) in [4.78, 5) is 28.7.